The molecule has 13 heteroatoms. The van der Waals surface area contributed by atoms with Gasteiger partial charge in [0.25, 0.3) is 20.2 Å². The molecule has 4 N–H and O–H groups in total. The third kappa shape index (κ3) is 16.1. The van der Waals surface area contributed by atoms with Crippen molar-refractivity contribution >= 4 is 28.6 Å². The quantitative estimate of drug-likeness (QED) is 0.350. The lowest BCUT2D eigenvalue weighted by Crippen LogP contribution is -2.44. The lowest BCUT2D eigenvalue weighted by Gasteiger charge is -2.37. The van der Waals surface area contributed by atoms with Gasteiger partial charge in [-0.25, -0.2) is 0 Å². The van der Waals surface area contributed by atoms with E-state index in [1.54, 1.807) is 0 Å². The molecule has 10 nitrogen and oxygen atoms in total. The van der Waals surface area contributed by atoms with Crippen LogP contribution in [0.25, 0.3) is 0 Å². The van der Waals surface area contributed by atoms with E-state index in [0.717, 1.165) is 0 Å². The van der Waals surface area contributed by atoms with Crippen molar-refractivity contribution < 1.29 is 45.3 Å². The molecule has 1 aliphatic heterocycles. The van der Waals surface area contributed by atoms with Gasteiger partial charge in [0, 0.05) is 0 Å². The van der Waals surface area contributed by atoms with E-state index in [-0.39, 0.29) is 17.7 Å². The summed E-state index contributed by atoms with van der Waals surface area (Å²) in [7, 11) is -9.13. The Balaban J connectivity index is 0. The SMILES string of the molecule is CC(C)(C)[Si](C)(C)OCC1OCC(O)C1O.CS(=O)(=O)O.CS(=O)(=O)O. The minimum atomic E-state index is -3.67. The van der Waals surface area contributed by atoms with Crippen LogP contribution in [0.5, 0.6) is 0 Å². The van der Waals surface area contributed by atoms with Crippen LogP contribution in [0.3, 0.4) is 0 Å². The van der Waals surface area contributed by atoms with E-state index in [1.165, 1.54) is 0 Å². The van der Waals surface area contributed by atoms with Gasteiger partial charge in [-0.15, -0.1) is 0 Å². The Labute approximate surface area is 157 Å². The van der Waals surface area contributed by atoms with Crippen LogP contribution in [-0.4, -0.2) is 88.5 Å². The van der Waals surface area contributed by atoms with E-state index < -0.39 is 40.8 Å². The third-order valence-corrected chi connectivity index (χ3v) is 8.17. The maximum atomic E-state index is 9.62. The summed E-state index contributed by atoms with van der Waals surface area (Å²) in [6.45, 7) is 11.4. The Hall–Kier alpha value is -0.123. The molecule has 1 aliphatic rings. The van der Waals surface area contributed by atoms with E-state index >= 15 is 0 Å². The van der Waals surface area contributed by atoms with Crippen LogP contribution in [0.15, 0.2) is 0 Å². The van der Waals surface area contributed by atoms with E-state index in [0.29, 0.717) is 19.1 Å². The monoisotopic (exact) mass is 440 g/mol. The minimum absolute atomic E-state index is 0.148. The molecule has 0 bridgehead atoms. The molecule has 1 saturated heterocycles. The molecule has 0 aromatic heterocycles. The van der Waals surface area contributed by atoms with Crippen molar-refractivity contribution in [1.82, 2.24) is 0 Å². The zero-order valence-electron chi connectivity index (χ0n) is 16.2. The summed E-state index contributed by atoms with van der Waals surface area (Å²) >= 11 is 0. The van der Waals surface area contributed by atoms with Gasteiger partial charge in [0.2, 0.25) is 0 Å². The van der Waals surface area contributed by atoms with Gasteiger partial charge in [-0.3, -0.25) is 9.11 Å². The van der Waals surface area contributed by atoms with Crippen molar-refractivity contribution in [3.8, 4) is 0 Å². The average molecular weight is 441 g/mol. The molecule has 0 aromatic rings. The van der Waals surface area contributed by atoms with Crippen molar-refractivity contribution in [2.45, 2.75) is 57.2 Å². The Bertz CT molecular complexity index is 563. The molecular weight excluding hydrogens is 408 g/mol. The second kappa shape index (κ2) is 10.4. The van der Waals surface area contributed by atoms with Gasteiger partial charge in [0.05, 0.1) is 25.7 Å². The Morgan fingerprint density at radius 3 is 1.62 bits per heavy atom. The summed E-state index contributed by atoms with van der Waals surface area (Å²) in [5.74, 6) is 0. The van der Waals surface area contributed by atoms with Crippen LogP contribution in [0, 0.1) is 0 Å². The Morgan fingerprint density at radius 1 is 1.04 bits per heavy atom. The van der Waals surface area contributed by atoms with Crippen molar-refractivity contribution in [3.05, 3.63) is 0 Å². The first-order valence-corrected chi connectivity index (χ1v) is 14.2. The van der Waals surface area contributed by atoms with Gasteiger partial charge in [0.1, 0.15) is 18.3 Å². The molecule has 26 heavy (non-hydrogen) atoms. The molecule has 1 heterocycles. The van der Waals surface area contributed by atoms with E-state index in [2.05, 4.69) is 33.9 Å². The zero-order chi connectivity index (χ0) is 21.6. The van der Waals surface area contributed by atoms with Gasteiger partial charge in [0.15, 0.2) is 8.32 Å². The first kappa shape index (κ1) is 28.1. The number of aliphatic hydroxyl groups is 2. The predicted octanol–water partition coefficient (Wildman–Crippen LogP) is 0.137. The second-order valence-corrected chi connectivity index (χ2v) is 15.2. The van der Waals surface area contributed by atoms with Gasteiger partial charge in [-0.1, -0.05) is 20.8 Å². The number of hydrogen-bond donors (Lipinski definition) is 4. The smallest absolute Gasteiger partial charge is 0.261 e. The predicted molar refractivity (Wildman–Crippen MR) is 99.8 cm³/mol. The van der Waals surface area contributed by atoms with E-state index in [1.807, 2.05) is 0 Å². The van der Waals surface area contributed by atoms with Crippen molar-refractivity contribution in [2.24, 2.45) is 0 Å². The number of rotatable bonds is 3. The molecule has 3 unspecified atom stereocenters. The molecule has 0 amide bonds. The lowest BCUT2D eigenvalue weighted by molar-refractivity contribution is -0.00295. The highest BCUT2D eigenvalue weighted by molar-refractivity contribution is 7.85. The molecule has 1 fully saturated rings. The Morgan fingerprint density at radius 2 is 1.38 bits per heavy atom. The van der Waals surface area contributed by atoms with Crippen molar-refractivity contribution in [1.29, 1.82) is 0 Å². The van der Waals surface area contributed by atoms with Crippen LogP contribution in [0.1, 0.15) is 20.8 Å². The molecular formula is C13H32O10S2Si. The fourth-order valence-electron chi connectivity index (χ4n) is 1.32. The first-order chi connectivity index (χ1) is 11.1. The van der Waals surface area contributed by atoms with Crippen molar-refractivity contribution in [2.75, 3.05) is 25.7 Å². The third-order valence-electron chi connectivity index (χ3n) is 3.67. The van der Waals surface area contributed by atoms with Crippen LogP contribution in [-0.2, 0) is 29.4 Å². The van der Waals surface area contributed by atoms with Gasteiger partial charge in [-0.2, -0.15) is 16.8 Å². The highest BCUT2D eigenvalue weighted by Crippen LogP contribution is 2.36. The molecule has 3 atom stereocenters. The number of aliphatic hydroxyl groups excluding tert-OH is 2. The lowest BCUT2D eigenvalue weighted by atomic mass is 10.2. The molecule has 0 spiro atoms. The molecule has 0 radical (unpaired) electrons. The standard InChI is InChI=1S/C11H24O4Si.2CH4O3S/c1-11(2,3)16(4,5)15-7-9-10(13)8(12)6-14-9;2*1-5(2,3)4/h8-10,12-13H,6-7H2,1-5H3;2*1H3,(H,2,3,4). The van der Waals surface area contributed by atoms with Gasteiger partial charge in [-0.05, 0) is 18.1 Å². The van der Waals surface area contributed by atoms with Gasteiger partial charge >= 0.3 is 0 Å². The molecule has 0 aromatic carbocycles. The topological polar surface area (TPSA) is 168 Å². The number of ether oxygens (including phenoxy) is 1. The average Bonchev–Trinajstić information content (AvgIpc) is 2.62. The van der Waals surface area contributed by atoms with Crippen LogP contribution in [0.2, 0.25) is 18.1 Å². The minimum Gasteiger partial charge on any atom is -0.414 e. The second-order valence-electron chi connectivity index (χ2n) is 7.47. The summed E-state index contributed by atoms with van der Waals surface area (Å²) in [4.78, 5) is 0. The summed E-state index contributed by atoms with van der Waals surface area (Å²) < 4.78 is 63.0. The summed E-state index contributed by atoms with van der Waals surface area (Å²) in [6.07, 6.45) is -0.540. The van der Waals surface area contributed by atoms with Crippen LogP contribution >= 0.6 is 0 Å². The molecule has 0 saturated carbocycles. The highest BCUT2D eigenvalue weighted by atomic mass is 32.2. The molecule has 1 rings (SSSR count). The maximum absolute atomic E-state index is 9.62. The van der Waals surface area contributed by atoms with Gasteiger partial charge < -0.3 is 19.4 Å². The van der Waals surface area contributed by atoms with E-state index in [9.17, 15) is 27.0 Å². The maximum Gasteiger partial charge on any atom is 0.261 e. The zero-order valence-corrected chi connectivity index (χ0v) is 18.8. The fourth-order valence-corrected chi connectivity index (χ4v) is 2.33. The normalized spacial score (nSPS) is 24.2. The van der Waals surface area contributed by atoms with Crippen LogP contribution < -0.4 is 0 Å². The first-order valence-electron chi connectivity index (χ1n) is 7.62. The van der Waals surface area contributed by atoms with Crippen molar-refractivity contribution in [3.63, 3.8) is 0 Å². The largest absolute Gasteiger partial charge is 0.414 e. The highest BCUT2D eigenvalue weighted by Gasteiger charge is 2.40. The van der Waals surface area contributed by atoms with Crippen LogP contribution in [0.4, 0.5) is 0 Å². The molecule has 160 valence electrons. The summed E-state index contributed by atoms with van der Waals surface area (Å²) in [5, 5.41) is 19.1. The number of hydrogen-bond acceptors (Lipinski definition) is 8. The summed E-state index contributed by atoms with van der Waals surface area (Å²) in [5.41, 5.74) is 0. The summed E-state index contributed by atoms with van der Waals surface area (Å²) in [6, 6.07) is 0. The fraction of sp³-hybridized carbons (Fsp3) is 1.00. The Kier molecular flexibility index (Phi) is 11.3. The van der Waals surface area contributed by atoms with E-state index in [4.69, 9.17) is 18.3 Å². The molecule has 0 aliphatic carbocycles.